The summed E-state index contributed by atoms with van der Waals surface area (Å²) in [6.07, 6.45) is -5.43. The first-order chi connectivity index (χ1) is 7.27. The van der Waals surface area contributed by atoms with E-state index in [2.05, 4.69) is 4.74 Å². The number of nitrogens with two attached hydrogens (primary N) is 1. The van der Waals surface area contributed by atoms with Crippen molar-refractivity contribution in [2.45, 2.75) is 12.6 Å². The van der Waals surface area contributed by atoms with Crippen LogP contribution in [0.1, 0.15) is 6.42 Å². The van der Waals surface area contributed by atoms with Gasteiger partial charge in [-0.3, -0.25) is 4.79 Å². The first-order valence-corrected chi connectivity index (χ1v) is 4.47. The van der Waals surface area contributed by atoms with E-state index in [1.54, 1.807) is 11.9 Å². The SMILES string of the molecule is CN(CCN)CCC(=O)OC(=O)C(F)(F)F. The fourth-order valence-electron chi connectivity index (χ4n) is 0.827. The van der Waals surface area contributed by atoms with Crippen LogP contribution < -0.4 is 5.73 Å². The molecule has 2 N–H and O–H groups in total. The second-order valence-electron chi connectivity index (χ2n) is 3.10. The molecule has 0 aliphatic rings. The highest BCUT2D eigenvalue weighted by Gasteiger charge is 2.42. The van der Waals surface area contributed by atoms with Gasteiger partial charge >= 0.3 is 18.1 Å². The van der Waals surface area contributed by atoms with Crippen molar-refractivity contribution in [3.05, 3.63) is 0 Å². The molecular weight excluding hydrogens is 229 g/mol. The van der Waals surface area contributed by atoms with Crippen molar-refractivity contribution in [3.8, 4) is 0 Å². The Bertz CT molecular complexity index is 255. The predicted octanol–water partition coefficient (Wildman–Crippen LogP) is -0.101. The molecule has 0 atom stereocenters. The third-order valence-corrected chi connectivity index (χ3v) is 1.65. The summed E-state index contributed by atoms with van der Waals surface area (Å²) < 4.78 is 38.6. The van der Waals surface area contributed by atoms with Crippen molar-refractivity contribution >= 4 is 11.9 Å². The molecule has 0 spiro atoms. The van der Waals surface area contributed by atoms with Gasteiger partial charge in [-0.05, 0) is 7.05 Å². The molecule has 0 aliphatic heterocycles. The van der Waals surface area contributed by atoms with E-state index in [4.69, 9.17) is 5.73 Å². The van der Waals surface area contributed by atoms with Gasteiger partial charge in [0, 0.05) is 19.6 Å². The Balaban J connectivity index is 3.88. The zero-order valence-corrected chi connectivity index (χ0v) is 8.71. The number of nitrogens with zero attached hydrogens (tertiary/aromatic N) is 1. The van der Waals surface area contributed by atoms with E-state index in [0.717, 1.165) is 0 Å². The number of carbonyl (C=O) groups is 2. The zero-order valence-electron chi connectivity index (χ0n) is 8.71. The first-order valence-electron chi connectivity index (χ1n) is 4.47. The molecule has 0 aliphatic carbocycles. The topological polar surface area (TPSA) is 72.6 Å². The van der Waals surface area contributed by atoms with Gasteiger partial charge in [-0.15, -0.1) is 0 Å². The van der Waals surface area contributed by atoms with Crippen LogP contribution in [0.15, 0.2) is 0 Å². The van der Waals surface area contributed by atoms with Gasteiger partial charge in [0.1, 0.15) is 0 Å². The highest BCUT2D eigenvalue weighted by atomic mass is 19.4. The quantitative estimate of drug-likeness (QED) is 0.538. The monoisotopic (exact) mass is 242 g/mol. The van der Waals surface area contributed by atoms with Gasteiger partial charge in [0.05, 0.1) is 6.42 Å². The predicted molar refractivity (Wildman–Crippen MR) is 48.3 cm³/mol. The van der Waals surface area contributed by atoms with Crippen LogP contribution in [0.4, 0.5) is 13.2 Å². The van der Waals surface area contributed by atoms with Gasteiger partial charge in [-0.2, -0.15) is 13.2 Å². The van der Waals surface area contributed by atoms with E-state index in [9.17, 15) is 22.8 Å². The van der Waals surface area contributed by atoms with Gasteiger partial charge in [-0.1, -0.05) is 0 Å². The Kier molecular flexibility index (Phi) is 5.97. The lowest BCUT2D eigenvalue weighted by Gasteiger charge is -2.14. The van der Waals surface area contributed by atoms with Crippen LogP contribution in [0.3, 0.4) is 0 Å². The summed E-state index contributed by atoms with van der Waals surface area (Å²) in [4.78, 5) is 22.7. The number of halogens is 3. The Morgan fingerprint density at radius 2 is 1.88 bits per heavy atom. The highest BCUT2D eigenvalue weighted by Crippen LogP contribution is 2.16. The van der Waals surface area contributed by atoms with E-state index < -0.39 is 18.1 Å². The normalized spacial score (nSPS) is 11.6. The maximum Gasteiger partial charge on any atom is 0.491 e. The van der Waals surface area contributed by atoms with Crippen LogP contribution in [-0.4, -0.2) is 49.7 Å². The molecule has 0 saturated heterocycles. The number of alkyl halides is 3. The van der Waals surface area contributed by atoms with Crippen molar-refractivity contribution in [1.82, 2.24) is 4.90 Å². The molecule has 94 valence electrons. The summed E-state index contributed by atoms with van der Waals surface area (Å²) in [5.41, 5.74) is 5.21. The van der Waals surface area contributed by atoms with Gasteiger partial charge in [0.2, 0.25) is 0 Å². The average molecular weight is 242 g/mol. The molecular formula is C8H13F3N2O3. The Morgan fingerprint density at radius 3 is 2.31 bits per heavy atom. The molecule has 0 unspecified atom stereocenters. The molecule has 16 heavy (non-hydrogen) atoms. The van der Waals surface area contributed by atoms with Crippen LogP contribution in [0.2, 0.25) is 0 Å². The number of hydrogen-bond acceptors (Lipinski definition) is 5. The average Bonchev–Trinajstić information content (AvgIpc) is 2.13. The lowest BCUT2D eigenvalue weighted by Crippen LogP contribution is -2.31. The van der Waals surface area contributed by atoms with Crippen LogP contribution in [-0.2, 0) is 14.3 Å². The van der Waals surface area contributed by atoms with E-state index in [1.165, 1.54) is 0 Å². The zero-order chi connectivity index (χ0) is 12.8. The van der Waals surface area contributed by atoms with Crippen LogP contribution in [0.25, 0.3) is 0 Å². The van der Waals surface area contributed by atoms with Gasteiger partial charge < -0.3 is 15.4 Å². The minimum atomic E-state index is -5.14. The molecule has 5 nitrogen and oxygen atoms in total. The Labute approximate surface area is 90.3 Å². The standard InChI is InChI=1S/C8H13F3N2O3/c1-13(5-3-12)4-2-6(14)16-7(15)8(9,10)11/h2-5,12H2,1H3. The minimum Gasteiger partial charge on any atom is -0.386 e. The molecule has 0 saturated carbocycles. The lowest BCUT2D eigenvalue weighted by molar-refractivity contribution is -0.201. The van der Waals surface area contributed by atoms with Gasteiger partial charge in [-0.25, -0.2) is 4.79 Å². The molecule has 0 radical (unpaired) electrons. The van der Waals surface area contributed by atoms with Crippen molar-refractivity contribution in [2.24, 2.45) is 5.73 Å². The molecule has 0 amide bonds. The molecule has 0 aromatic heterocycles. The second kappa shape index (κ2) is 6.44. The Hall–Kier alpha value is -1.15. The summed E-state index contributed by atoms with van der Waals surface area (Å²) in [6.45, 7) is 1.05. The molecule has 0 heterocycles. The van der Waals surface area contributed by atoms with Crippen molar-refractivity contribution in [3.63, 3.8) is 0 Å². The van der Waals surface area contributed by atoms with Crippen LogP contribution >= 0.6 is 0 Å². The van der Waals surface area contributed by atoms with Crippen LogP contribution in [0, 0.1) is 0 Å². The fourth-order valence-corrected chi connectivity index (χ4v) is 0.827. The third kappa shape index (κ3) is 6.36. The number of likely N-dealkylation sites (N-methyl/N-ethyl adjacent to an activating group) is 1. The van der Waals surface area contributed by atoms with E-state index >= 15 is 0 Å². The molecule has 8 heteroatoms. The number of esters is 2. The fraction of sp³-hybridized carbons (Fsp3) is 0.750. The first kappa shape index (κ1) is 14.8. The molecule has 0 rings (SSSR count). The van der Waals surface area contributed by atoms with Crippen LogP contribution in [0.5, 0.6) is 0 Å². The van der Waals surface area contributed by atoms with Crippen molar-refractivity contribution < 1.29 is 27.5 Å². The summed E-state index contributed by atoms with van der Waals surface area (Å²) >= 11 is 0. The minimum absolute atomic E-state index is 0.182. The van der Waals surface area contributed by atoms with E-state index in [1.807, 2.05) is 0 Å². The molecule has 0 aromatic rings. The molecule has 0 fully saturated rings. The number of rotatable bonds is 5. The maximum atomic E-state index is 11.7. The second-order valence-corrected chi connectivity index (χ2v) is 3.10. The largest absolute Gasteiger partial charge is 0.491 e. The highest BCUT2D eigenvalue weighted by molar-refractivity contribution is 5.88. The molecule has 0 aromatic carbocycles. The molecule has 0 bridgehead atoms. The summed E-state index contributed by atoms with van der Waals surface area (Å²) in [5.74, 6) is -3.69. The number of ether oxygens (including phenoxy) is 1. The Morgan fingerprint density at radius 1 is 1.31 bits per heavy atom. The third-order valence-electron chi connectivity index (χ3n) is 1.65. The van der Waals surface area contributed by atoms with Crippen molar-refractivity contribution in [2.75, 3.05) is 26.7 Å². The van der Waals surface area contributed by atoms with E-state index in [0.29, 0.717) is 13.1 Å². The number of hydrogen-bond donors (Lipinski definition) is 1. The maximum absolute atomic E-state index is 11.7. The smallest absolute Gasteiger partial charge is 0.386 e. The summed E-state index contributed by atoms with van der Waals surface area (Å²) in [5, 5.41) is 0. The van der Waals surface area contributed by atoms with Crippen molar-refractivity contribution in [1.29, 1.82) is 0 Å². The van der Waals surface area contributed by atoms with E-state index in [-0.39, 0.29) is 13.0 Å². The number of carbonyl (C=O) groups excluding carboxylic acids is 2. The summed E-state index contributed by atoms with van der Waals surface area (Å²) in [6, 6.07) is 0. The lowest BCUT2D eigenvalue weighted by atomic mass is 10.4. The van der Waals surface area contributed by atoms with Gasteiger partial charge in [0.15, 0.2) is 0 Å². The summed E-state index contributed by atoms with van der Waals surface area (Å²) in [7, 11) is 1.64. The van der Waals surface area contributed by atoms with Gasteiger partial charge in [0.25, 0.3) is 0 Å².